The smallest absolute Gasteiger partial charge is 0.258 e. The highest BCUT2D eigenvalue weighted by Gasteiger charge is 2.10. The molecule has 0 bridgehead atoms. The van der Waals surface area contributed by atoms with Gasteiger partial charge in [0.1, 0.15) is 17.7 Å². The predicted octanol–water partition coefficient (Wildman–Crippen LogP) is 0.464. The summed E-state index contributed by atoms with van der Waals surface area (Å²) < 4.78 is 10.0. The van der Waals surface area contributed by atoms with Crippen LogP contribution < -0.4 is 15.8 Å². The molecule has 0 spiro atoms. The Kier molecular flexibility index (Phi) is 4.75. The highest BCUT2D eigenvalue weighted by Crippen LogP contribution is 2.17. The van der Waals surface area contributed by atoms with E-state index < -0.39 is 0 Å². The van der Waals surface area contributed by atoms with Crippen molar-refractivity contribution in [2.75, 3.05) is 6.61 Å². The van der Waals surface area contributed by atoms with Crippen LogP contribution in [0.4, 0.5) is 0 Å². The molecule has 4 N–H and O–H groups in total. The number of amidine groups is 1. The fourth-order valence-electron chi connectivity index (χ4n) is 1.57. The summed E-state index contributed by atoms with van der Waals surface area (Å²) in [5, 5.41) is 17.9. The molecular formula is C13H14N4O4. The molecule has 0 saturated heterocycles. The molecular weight excluding hydrogens is 276 g/mol. The third-order valence-electron chi connectivity index (χ3n) is 2.59. The number of para-hydroxylation sites is 1. The molecule has 0 radical (unpaired) electrons. The van der Waals surface area contributed by atoms with Gasteiger partial charge >= 0.3 is 0 Å². The molecule has 0 aliphatic heterocycles. The second-order valence-electron chi connectivity index (χ2n) is 4.04. The van der Waals surface area contributed by atoms with Crippen LogP contribution in [0.2, 0.25) is 0 Å². The van der Waals surface area contributed by atoms with E-state index in [1.165, 1.54) is 6.26 Å². The van der Waals surface area contributed by atoms with Crippen LogP contribution in [0.1, 0.15) is 11.3 Å². The number of ether oxygens (including phenoxy) is 1. The molecule has 0 fully saturated rings. The zero-order valence-corrected chi connectivity index (χ0v) is 11.0. The van der Waals surface area contributed by atoms with Crippen LogP contribution in [-0.2, 0) is 11.3 Å². The number of aromatic nitrogens is 1. The van der Waals surface area contributed by atoms with E-state index in [1.807, 2.05) is 0 Å². The zero-order valence-electron chi connectivity index (χ0n) is 11.0. The lowest BCUT2D eigenvalue weighted by molar-refractivity contribution is -0.123. The van der Waals surface area contributed by atoms with Crippen molar-refractivity contribution in [3.05, 3.63) is 47.9 Å². The van der Waals surface area contributed by atoms with Crippen molar-refractivity contribution in [2.45, 2.75) is 6.54 Å². The second-order valence-corrected chi connectivity index (χ2v) is 4.04. The van der Waals surface area contributed by atoms with E-state index in [0.717, 1.165) is 0 Å². The van der Waals surface area contributed by atoms with Crippen molar-refractivity contribution in [3.63, 3.8) is 0 Å². The summed E-state index contributed by atoms with van der Waals surface area (Å²) in [5.74, 6) is -0.0645. The Bertz CT molecular complexity index is 625. The lowest BCUT2D eigenvalue weighted by Gasteiger charge is -2.10. The van der Waals surface area contributed by atoms with Gasteiger partial charge in [0, 0.05) is 6.07 Å². The summed E-state index contributed by atoms with van der Waals surface area (Å²) in [6.07, 6.45) is 1.42. The van der Waals surface area contributed by atoms with Gasteiger partial charge in [-0.25, -0.2) is 0 Å². The minimum absolute atomic E-state index is 0.0893. The third-order valence-corrected chi connectivity index (χ3v) is 2.59. The fourth-order valence-corrected chi connectivity index (χ4v) is 1.57. The van der Waals surface area contributed by atoms with E-state index in [1.54, 1.807) is 30.3 Å². The van der Waals surface area contributed by atoms with E-state index in [-0.39, 0.29) is 24.9 Å². The van der Waals surface area contributed by atoms with Gasteiger partial charge in [0.2, 0.25) is 0 Å². The number of oxime groups is 1. The van der Waals surface area contributed by atoms with E-state index >= 15 is 0 Å². The van der Waals surface area contributed by atoms with Gasteiger partial charge in [-0.2, -0.15) is 0 Å². The predicted molar refractivity (Wildman–Crippen MR) is 72.8 cm³/mol. The third kappa shape index (κ3) is 3.96. The van der Waals surface area contributed by atoms with Crippen molar-refractivity contribution < 1.29 is 19.3 Å². The van der Waals surface area contributed by atoms with Gasteiger partial charge in [0.15, 0.2) is 12.4 Å². The van der Waals surface area contributed by atoms with Gasteiger partial charge in [-0.3, -0.25) is 4.79 Å². The molecule has 0 aliphatic rings. The standard InChI is InChI=1S/C13H14N4O4/c14-13(16-19)10-3-1-2-4-11(10)20-8-12(18)15-7-9-5-6-21-17-9/h1-6,19H,7-8H2,(H2,14,16)(H,15,18). The van der Waals surface area contributed by atoms with Crippen LogP contribution in [0.15, 0.2) is 46.3 Å². The molecule has 2 rings (SSSR count). The van der Waals surface area contributed by atoms with Crippen LogP contribution in [0.3, 0.4) is 0 Å². The lowest BCUT2D eigenvalue weighted by Crippen LogP contribution is -2.29. The molecule has 8 nitrogen and oxygen atoms in total. The second kappa shape index (κ2) is 6.94. The fraction of sp³-hybridized carbons (Fsp3) is 0.154. The summed E-state index contributed by atoms with van der Waals surface area (Å²) in [4.78, 5) is 11.7. The van der Waals surface area contributed by atoms with Gasteiger partial charge in [-0.15, -0.1) is 0 Å². The highest BCUT2D eigenvalue weighted by molar-refractivity contribution is 5.99. The number of carbonyl (C=O) groups excluding carboxylic acids is 1. The monoisotopic (exact) mass is 290 g/mol. The number of rotatable bonds is 6. The molecule has 2 aromatic rings. The summed E-state index contributed by atoms with van der Waals surface area (Å²) in [6.45, 7) is 0.0498. The normalized spacial score (nSPS) is 11.1. The Morgan fingerprint density at radius 1 is 1.43 bits per heavy atom. The Morgan fingerprint density at radius 2 is 2.24 bits per heavy atom. The van der Waals surface area contributed by atoms with Gasteiger partial charge in [-0.1, -0.05) is 22.4 Å². The van der Waals surface area contributed by atoms with E-state index in [2.05, 4.69) is 20.2 Å². The van der Waals surface area contributed by atoms with Crippen molar-refractivity contribution in [1.82, 2.24) is 10.5 Å². The Morgan fingerprint density at radius 3 is 2.95 bits per heavy atom. The number of hydrogen-bond donors (Lipinski definition) is 3. The Hall–Kier alpha value is -3.03. The highest BCUT2D eigenvalue weighted by atomic mass is 16.5. The quantitative estimate of drug-likeness (QED) is 0.307. The zero-order chi connectivity index (χ0) is 15.1. The number of nitrogens with one attached hydrogen (secondary N) is 1. The van der Waals surface area contributed by atoms with Crippen molar-refractivity contribution in [3.8, 4) is 5.75 Å². The van der Waals surface area contributed by atoms with Gasteiger partial charge in [0.05, 0.1) is 12.1 Å². The van der Waals surface area contributed by atoms with Crippen LogP contribution in [-0.4, -0.2) is 28.7 Å². The van der Waals surface area contributed by atoms with E-state index in [9.17, 15) is 4.79 Å². The Balaban J connectivity index is 1.89. The molecule has 1 amide bonds. The van der Waals surface area contributed by atoms with Gasteiger partial charge in [0.25, 0.3) is 5.91 Å². The first-order valence-corrected chi connectivity index (χ1v) is 6.06. The first-order valence-electron chi connectivity index (χ1n) is 6.06. The average molecular weight is 290 g/mol. The summed E-state index contributed by atoms with van der Waals surface area (Å²) in [5.41, 5.74) is 6.54. The number of benzene rings is 1. The maximum absolute atomic E-state index is 11.7. The SMILES string of the molecule is N/C(=N/O)c1ccccc1OCC(=O)NCc1ccon1. The molecule has 1 aromatic heterocycles. The van der Waals surface area contributed by atoms with Crippen LogP contribution in [0, 0.1) is 0 Å². The molecule has 0 aliphatic carbocycles. The molecule has 110 valence electrons. The number of nitrogens with two attached hydrogens (primary N) is 1. The van der Waals surface area contributed by atoms with Crippen LogP contribution in [0.25, 0.3) is 0 Å². The van der Waals surface area contributed by atoms with Gasteiger partial charge < -0.3 is 25.5 Å². The summed E-state index contributed by atoms with van der Waals surface area (Å²) >= 11 is 0. The largest absolute Gasteiger partial charge is 0.483 e. The number of amides is 1. The van der Waals surface area contributed by atoms with Crippen molar-refractivity contribution in [1.29, 1.82) is 0 Å². The first kappa shape index (κ1) is 14.4. The van der Waals surface area contributed by atoms with E-state index in [0.29, 0.717) is 17.0 Å². The minimum atomic E-state index is -0.327. The number of nitrogens with zero attached hydrogens (tertiary/aromatic N) is 2. The molecule has 0 saturated carbocycles. The van der Waals surface area contributed by atoms with Crippen molar-refractivity contribution >= 4 is 11.7 Å². The molecule has 1 heterocycles. The molecule has 0 unspecified atom stereocenters. The number of hydrogen-bond acceptors (Lipinski definition) is 6. The van der Waals surface area contributed by atoms with E-state index in [4.69, 9.17) is 15.7 Å². The molecule has 21 heavy (non-hydrogen) atoms. The van der Waals surface area contributed by atoms with Crippen LogP contribution >= 0.6 is 0 Å². The molecule has 0 atom stereocenters. The van der Waals surface area contributed by atoms with Crippen LogP contribution in [0.5, 0.6) is 5.75 Å². The minimum Gasteiger partial charge on any atom is -0.483 e. The molecule has 1 aromatic carbocycles. The summed E-state index contributed by atoms with van der Waals surface area (Å²) in [7, 11) is 0. The molecule has 8 heteroatoms. The Labute approximate surface area is 120 Å². The lowest BCUT2D eigenvalue weighted by atomic mass is 10.2. The maximum atomic E-state index is 11.7. The maximum Gasteiger partial charge on any atom is 0.258 e. The van der Waals surface area contributed by atoms with Gasteiger partial charge in [-0.05, 0) is 12.1 Å². The first-order chi connectivity index (χ1) is 10.2. The summed E-state index contributed by atoms with van der Waals surface area (Å²) in [6, 6.07) is 8.33. The topological polar surface area (TPSA) is 123 Å². The average Bonchev–Trinajstić information content (AvgIpc) is 3.04. The van der Waals surface area contributed by atoms with Crippen molar-refractivity contribution in [2.24, 2.45) is 10.9 Å². The number of carbonyl (C=O) groups is 1.